The van der Waals surface area contributed by atoms with Crippen molar-refractivity contribution in [1.82, 2.24) is 10.2 Å². The fraction of sp³-hybridized carbons (Fsp3) is 0.259. The molecule has 0 aliphatic carbocycles. The molecule has 3 rings (SSSR count). The maximum atomic E-state index is 14.8. The summed E-state index contributed by atoms with van der Waals surface area (Å²) < 4.78 is 42.9. The summed E-state index contributed by atoms with van der Waals surface area (Å²) in [4.78, 5) is 27.5. The van der Waals surface area contributed by atoms with Crippen LogP contribution in [0.5, 0.6) is 0 Å². The number of anilines is 1. The van der Waals surface area contributed by atoms with E-state index < -0.39 is 34.3 Å². The van der Waals surface area contributed by atoms with E-state index in [1.165, 1.54) is 35.2 Å². The Labute approximate surface area is 211 Å². The molecule has 0 unspecified atom stereocenters. The van der Waals surface area contributed by atoms with Crippen LogP contribution in [0.2, 0.25) is 0 Å². The lowest BCUT2D eigenvalue weighted by atomic mass is 10.1. The van der Waals surface area contributed by atoms with Gasteiger partial charge >= 0.3 is 0 Å². The molecule has 7 nitrogen and oxygen atoms in total. The van der Waals surface area contributed by atoms with Gasteiger partial charge in [-0.3, -0.25) is 13.9 Å². The number of halogens is 1. The second kappa shape index (κ2) is 11.8. The number of aryl methyl sites for hydroxylation is 1. The number of amides is 2. The molecule has 3 aromatic rings. The number of hydrogen-bond acceptors (Lipinski definition) is 4. The van der Waals surface area contributed by atoms with Crippen LogP contribution in [0.25, 0.3) is 0 Å². The van der Waals surface area contributed by atoms with E-state index in [4.69, 9.17) is 0 Å². The van der Waals surface area contributed by atoms with Gasteiger partial charge in [0.05, 0.1) is 10.6 Å². The predicted molar refractivity (Wildman–Crippen MR) is 137 cm³/mol. The highest BCUT2D eigenvalue weighted by molar-refractivity contribution is 7.92. The molecule has 0 saturated carbocycles. The molecule has 2 amide bonds. The average molecular weight is 512 g/mol. The molecular formula is C27H30FN3O4S. The van der Waals surface area contributed by atoms with Gasteiger partial charge in [-0.05, 0) is 50.6 Å². The van der Waals surface area contributed by atoms with Gasteiger partial charge in [-0.15, -0.1) is 0 Å². The van der Waals surface area contributed by atoms with E-state index in [2.05, 4.69) is 5.32 Å². The molecule has 0 aromatic heterocycles. The van der Waals surface area contributed by atoms with Gasteiger partial charge in [0, 0.05) is 13.1 Å². The number of rotatable bonds is 10. The van der Waals surface area contributed by atoms with Crippen LogP contribution in [0.15, 0.2) is 83.8 Å². The lowest BCUT2D eigenvalue weighted by Gasteiger charge is -2.32. The number of sulfonamides is 1. The van der Waals surface area contributed by atoms with Crippen molar-refractivity contribution in [1.29, 1.82) is 0 Å². The molecule has 0 bridgehead atoms. The van der Waals surface area contributed by atoms with Crippen molar-refractivity contribution >= 4 is 27.5 Å². The lowest BCUT2D eigenvalue weighted by Crippen LogP contribution is -2.51. The van der Waals surface area contributed by atoms with Crippen molar-refractivity contribution in [3.63, 3.8) is 0 Å². The smallest absolute Gasteiger partial charge is 0.264 e. The zero-order valence-electron chi connectivity index (χ0n) is 20.5. The highest BCUT2D eigenvalue weighted by Gasteiger charge is 2.33. The van der Waals surface area contributed by atoms with Crippen LogP contribution in [0, 0.1) is 12.7 Å². The third-order valence-corrected chi connectivity index (χ3v) is 7.50. The number of hydrogen-bond donors (Lipinski definition) is 1. The van der Waals surface area contributed by atoms with Crippen LogP contribution in [0.4, 0.5) is 10.1 Å². The van der Waals surface area contributed by atoms with Gasteiger partial charge in [0.25, 0.3) is 10.0 Å². The number of benzene rings is 3. The predicted octanol–water partition coefficient (Wildman–Crippen LogP) is 3.88. The van der Waals surface area contributed by atoms with Crippen molar-refractivity contribution in [3.05, 3.63) is 95.8 Å². The summed E-state index contributed by atoms with van der Waals surface area (Å²) in [6, 6.07) is 19.7. The number of nitrogens with one attached hydrogen (secondary N) is 1. The second-order valence-corrected chi connectivity index (χ2v) is 10.2. The van der Waals surface area contributed by atoms with E-state index in [0.717, 1.165) is 21.5 Å². The molecule has 0 aliphatic rings. The Bertz CT molecular complexity index is 1300. The fourth-order valence-electron chi connectivity index (χ4n) is 3.69. The Morgan fingerprint density at radius 1 is 0.944 bits per heavy atom. The van der Waals surface area contributed by atoms with E-state index >= 15 is 0 Å². The standard InChI is InChI=1S/C27H30FN3O4S/c1-4-29-27(33)21(3)30(18-22-10-6-5-7-11-22)26(32)19-31(25-13-9-8-12-24(25)28)36(34,35)23-16-14-20(2)15-17-23/h5-17,21H,4,18-19H2,1-3H3,(H,29,33)/t21-/m0/s1. The average Bonchev–Trinajstić information content (AvgIpc) is 2.87. The third-order valence-electron chi connectivity index (χ3n) is 5.72. The molecular weight excluding hydrogens is 481 g/mol. The largest absolute Gasteiger partial charge is 0.355 e. The number of nitrogens with zero attached hydrogens (tertiary/aromatic N) is 2. The zero-order valence-corrected chi connectivity index (χ0v) is 21.3. The van der Waals surface area contributed by atoms with E-state index in [1.54, 1.807) is 26.0 Å². The van der Waals surface area contributed by atoms with Gasteiger partial charge in [-0.2, -0.15) is 0 Å². The van der Waals surface area contributed by atoms with Gasteiger partial charge in [-0.25, -0.2) is 12.8 Å². The Hall–Kier alpha value is -3.72. The highest BCUT2D eigenvalue weighted by Crippen LogP contribution is 2.27. The monoisotopic (exact) mass is 511 g/mol. The van der Waals surface area contributed by atoms with E-state index in [0.29, 0.717) is 6.54 Å². The summed E-state index contributed by atoms with van der Waals surface area (Å²) in [6.07, 6.45) is 0. The fourth-order valence-corrected chi connectivity index (χ4v) is 5.11. The van der Waals surface area contributed by atoms with E-state index in [1.807, 2.05) is 37.3 Å². The summed E-state index contributed by atoms with van der Waals surface area (Å²) in [5.74, 6) is -1.80. The van der Waals surface area contributed by atoms with Gasteiger partial charge < -0.3 is 10.2 Å². The Morgan fingerprint density at radius 2 is 1.56 bits per heavy atom. The Kier molecular flexibility index (Phi) is 8.82. The first-order chi connectivity index (χ1) is 17.1. The first-order valence-corrected chi connectivity index (χ1v) is 13.0. The molecule has 1 atom stereocenters. The quantitative estimate of drug-likeness (QED) is 0.448. The maximum Gasteiger partial charge on any atom is 0.264 e. The molecule has 0 radical (unpaired) electrons. The molecule has 0 heterocycles. The first kappa shape index (κ1) is 26.9. The molecule has 36 heavy (non-hydrogen) atoms. The van der Waals surface area contributed by atoms with Gasteiger partial charge in [0.2, 0.25) is 11.8 Å². The summed E-state index contributed by atoms with van der Waals surface area (Å²) in [7, 11) is -4.31. The molecule has 0 fully saturated rings. The minimum absolute atomic E-state index is 0.0736. The maximum absolute atomic E-state index is 14.8. The van der Waals surface area contributed by atoms with E-state index in [-0.39, 0.29) is 23.0 Å². The topological polar surface area (TPSA) is 86.8 Å². The van der Waals surface area contributed by atoms with Crippen LogP contribution >= 0.6 is 0 Å². The van der Waals surface area contributed by atoms with Crippen LogP contribution in [0.3, 0.4) is 0 Å². The molecule has 0 aliphatic heterocycles. The number of para-hydroxylation sites is 1. The lowest BCUT2D eigenvalue weighted by molar-refractivity contribution is -0.139. The molecule has 190 valence electrons. The number of carbonyl (C=O) groups is 2. The third kappa shape index (κ3) is 6.28. The first-order valence-electron chi connectivity index (χ1n) is 11.6. The number of likely N-dealkylation sites (N-methyl/N-ethyl adjacent to an activating group) is 1. The minimum Gasteiger partial charge on any atom is -0.355 e. The Morgan fingerprint density at radius 3 is 2.17 bits per heavy atom. The highest BCUT2D eigenvalue weighted by atomic mass is 32.2. The van der Waals surface area contributed by atoms with Crippen LogP contribution in [-0.2, 0) is 26.2 Å². The Balaban J connectivity index is 2.03. The van der Waals surface area contributed by atoms with Gasteiger partial charge in [0.15, 0.2) is 0 Å². The minimum atomic E-state index is -4.31. The zero-order chi connectivity index (χ0) is 26.3. The van der Waals surface area contributed by atoms with Crippen LogP contribution in [0.1, 0.15) is 25.0 Å². The summed E-state index contributed by atoms with van der Waals surface area (Å²) in [6.45, 7) is 4.93. The number of carbonyl (C=O) groups excluding carboxylic acids is 2. The van der Waals surface area contributed by atoms with Crippen LogP contribution < -0.4 is 9.62 Å². The molecule has 1 N–H and O–H groups in total. The van der Waals surface area contributed by atoms with Crippen molar-refractivity contribution in [3.8, 4) is 0 Å². The summed E-state index contributed by atoms with van der Waals surface area (Å²) in [5.41, 5.74) is 1.37. The second-order valence-electron chi connectivity index (χ2n) is 8.35. The SMILES string of the molecule is CCNC(=O)[C@H](C)N(Cc1ccccc1)C(=O)CN(c1ccccc1F)S(=O)(=O)c1ccc(C)cc1. The summed E-state index contributed by atoms with van der Waals surface area (Å²) >= 11 is 0. The molecule has 0 saturated heterocycles. The normalized spacial score (nSPS) is 12.0. The molecule has 3 aromatic carbocycles. The van der Waals surface area contributed by atoms with Crippen molar-refractivity contribution < 1.29 is 22.4 Å². The van der Waals surface area contributed by atoms with Gasteiger partial charge in [-0.1, -0.05) is 60.2 Å². The van der Waals surface area contributed by atoms with Crippen molar-refractivity contribution in [2.45, 2.75) is 38.3 Å². The van der Waals surface area contributed by atoms with Crippen LogP contribution in [-0.4, -0.2) is 44.3 Å². The van der Waals surface area contributed by atoms with Crippen molar-refractivity contribution in [2.75, 3.05) is 17.4 Å². The molecule has 0 spiro atoms. The van der Waals surface area contributed by atoms with E-state index in [9.17, 15) is 22.4 Å². The summed E-state index contributed by atoms with van der Waals surface area (Å²) in [5, 5.41) is 2.70. The van der Waals surface area contributed by atoms with Crippen molar-refractivity contribution in [2.24, 2.45) is 0 Å². The molecule has 9 heteroatoms. The van der Waals surface area contributed by atoms with Gasteiger partial charge in [0.1, 0.15) is 18.4 Å².